The fourth-order valence-electron chi connectivity index (χ4n) is 3.43. The Labute approximate surface area is 164 Å². The van der Waals surface area contributed by atoms with Crippen LogP contribution in [0.5, 0.6) is 5.88 Å². The minimum absolute atomic E-state index is 0.00128. The first-order valence-corrected chi connectivity index (χ1v) is 8.94. The van der Waals surface area contributed by atoms with Crippen molar-refractivity contribution in [2.75, 3.05) is 13.1 Å². The SMILES string of the molecule is CC(=O)N1CC(Oc2ncc(-c3c[nH]c4c(C#N)cccc34)nc2C)C(F)(F)C1. The van der Waals surface area contributed by atoms with Crippen molar-refractivity contribution < 1.29 is 18.3 Å². The van der Waals surface area contributed by atoms with Crippen LogP contribution >= 0.6 is 0 Å². The van der Waals surface area contributed by atoms with Crippen molar-refractivity contribution in [1.29, 1.82) is 5.26 Å². The molecule has 1 aliphatic rings. The van der Waals surface area contributed by atoms with E-state index in [9.17, 15) is 18.8 Å². The zero-order chi connectivity index (χ0) is 20.8. The van der Waals surface area contributed by atoms with Crippen molar-refractivity contribution in [2.24, 2.45) is 0 Å². The van der Waals surface area contributed by atoms with Crippen molar-refractivity contribution in [3.63, 3.8) is 0 Å². The van der Waals surface area contributed by atoms with Crippen molar-refractivity contribution in [1.82, 2.24) is 19.9 Å². The number of ether oxygens (including phenoxy) is 1. The van der Waals surface area contributed by atoms with Gasteiger partial charge in [-0.25, -0.2) is 18.7 Å². The molecule has 0 bridgehead atoms. The Kier molecular flexibility index (Phi) is 4.42. The van der Waals surface area contributed by atoms with Gasteiger partial charge in [0.05, 0.1) is 36.1 Å². The standard InChI is InChI=1S/C20H17F2N5O2/c1-11-19(29-17-9-27(12(2)28)10-20(17,21)22)25-8-16(26-11)15-7-24-18-13(6-23)4-3-5-14(15)18/h3-5,7-8,17,24H,9-10H2,1-2H3. The summed E-state index contributed by atoms with van der Waals surface area (Å²) in [6, 6.07) is 7.48. The van der Waals surface area contributed by atoms with Crippen LogP contribution in [-0.2, 0) is 4.79 Å². The summed E-state index contributed by atoms with van der Waals surface area (Å²) in [6.45, 7) is 1.99. The molecular weight excluding hydrogens is 380 g/mol. The second kappa shape index (κ2) is 6.81. The molecule has 3 aromatic rings. The first-order chi connectivity index (χ1) is 13.8. The van der Waals surface area contributed by atoms with Gasteiger partial charge in [-0.3, -0.25) is 4.79 Å². The van der Waals surface area contributed by atoms with Crippen LogP contribution in [0.2, 0.25) is 0 Å². The molecule has 1 saturated heterocycles. The lowest BCUT2D eigenvalue weighted by atomic mass is 10.1. The lowest BCUT2D eigenvalue weighted by Gasteiger charge is -2.19. The second-order valence-corrected chi connectivity index (χ2v) is 6.96. The second-order valence-electron chi connectivity index (χ2n) is 6.96. The Morgan fingerprint density at radius 2 is 2.24 bits per heavy atom. The summed E-state index contributed by atoms with van der Waals surface area (Å²) < 4.78 is 33.8. The van der Waals surface area contributed by atoms with Gasteiger partial charge in [-0.15, -0.1) is 0 Å². The van der Waals surface area contributed by atoms with E-state index in [2.05, 4.69) is 21.0 Å². The number of para-hydroxylation sites is 1. The Morgan fingerprint density at radius 1 is 1.45 bits per heavy atom. The maximum absolute atomic E-state index is 14.2. The van der Waals surface area contributed by atoms with Crippen LogP contribution in [0.1, 0.15) is 18.2 Å². The summed E-state index contributed by atoms with van der Waals surface area (Å²) in [4.78, 5) is 24.2. The summed E-state index contributed by atoms with van der Waals surface area (Å²) >= 11 is 0. The first-order valence-electron chi connectivity index (χ1n) is 8.94. The lowest BCUT2D eigenvalue weighted by molar-refractivity contribution is -0.129. The molecule has 29 heavy (non-hydrogen) atoms. The molecule has 148 valence electrons. The summed E-state index contributed by atoms with van der Waals surface area (Å²) in [5.41, 5.74) is 2.83. The summed E-state index contributed by atoms with van der Waals surface area (Å²) in [6.07, 6.45) is 1.70. The fourth-order valence-corrected chi connectivity index (χ4v) is 3.43. The molecule has 1 unspecified atom stereocenters. The van der Waals surface area contributed by atoms with E-state index in [1.54, 1.807) is 25.3 Å². The highest BCUT2D eigenvalue weighted by molar-refractivity contribution is 5.97. The number of carbonyl (C=O) groups is 1. The molecule has 0 aliphatic carbocycles. The van der Waals surface area contributed by atoms with Crippen LogP contribution in [-0.4, -0.2) is 50.9 Å². The van der Waals surface area contributed by atoms with Gasteiger partial charge in [0.15, 0.2) is 6.10 Å². The Bertz CT molecular complexity index is 1150. The molecule has 2 aromatic heterocycles. The van der Waals surface area contributed by atoms with E-state index in [0.717, 1.165) is 15.8 Å². The molecule has 7 nitrogen and oxygen atoms in total. The number of fused-ring (bicyclic) bond motifs is 1. The number of nitrogens with zero attached hydrogens (tertiary/aromatic N) is 4. The molecule has 0 spiro atoms. The number of nitrogens with one attached hydrogen (secondary N) is 1. The van der Waals surface area contributed by atoms with Crippen LogP contribution in [0.4, 0.5) is 8.78 Å². The number of alkyl halides is 2. The number of nitriles is 1. The number of aromatic nitrogens is 3. The third kappa shape index (κ3) is 3.27. The number of benzene rings is 1. The number of aromatic amines is 1. The number of amides is 1. The monoisotopic (exact) mass is 397 g/mol. The number of halogens is 2. The summed E-state index contributed by atoms with van der Waals surface area (Å²) in [7, 11) is 0. The molecule has 1 N–H and O–H groups in total. The van der Waals surface area contributed by atoms with Gasteiger partial charge in [0.1, 0.15) is 11.8 Å². The number of rotatable bonds is 3. The Morgan fingerprint density at radius 3 is 2.90 bits per heavy atom. The van der Waals surface area contributed by atoms with Crippen LogP contribution in [0, 0.1) is 18.3 Å². The van der Waals surface area contributed by atoms with E-state index < -0.39 is 24.5 Å². The largest absolute Gasteiger partial charge is 0.465 e. The van der Waals surface area contributed by atoms with E-state index in [1.807, 2.05) is 6.07 Å². The third-order valence-electron chi connectivity index (χ3n) is 4.97. The normalized spacial score (nSPS) is 18.0. The average molecular weight is 397 g/mol. The number of hydrogen-bond acceptors (Lipinski definition) is 5. The Hall–Kier alpha value is -3.54. The van der Waals surface area contributed by atoms with Gasteiger partial charge in [0.2, 0.25) is 11.8 Å². The van der Waals surface area contributed by atoms with Gasteiger partial charge in [0.25, 0.3) is 0 Å². The number of aryl methyl sites for hydroxylation is 1. The van der Waals surface area contributed by atoms with Gasteiger partial charge < -0.3 is 14.6 Å². The predicted octanol–water partition coefficient (Wildman–Crippen LogP) is 3.05. The lowest BCUT2D eigenvalue weighted by Crippen LogP contribution is -2.37. The molecule has 1 amide bonds. The molecule has 1 fully saturated rings. The molecule has 9 heteroatoms. The van der Waals surface area contributed by atoms with Crippen LogP contribution < -0.4 is 4.74 Å². The van der Waals surface area contributed by atoms with Gasteiger partial charge in [-0.2, -0.15) is 5.26 Å². The van der Waals surface area contributed by atoms with Crippen molar-refractivity contribution in [3.8, 4) is 23.2 Å². The quantitative estimate of drug-likeness (QED) is 0.733. The number of carbonyl (C=O) groups excluding carboxylic acids is 1. The molecule has 0 saturated carbocycles. The number of H-pyrrole nitrogens is 1. The minimum Gasteiger partial charge on any atom is -0.465 e. The molecule has 1 aromatic carbocycles. The molecular formula is C20H17F2N5O2. The molecule has 3 heterocycles. The van der Waals surface area contributed by atoms with Gasteiger partial charge >= 0.3 is 5.92 Å². The minimum atomic E-state index is -3.16. The van der Waals surface area contributed by atoms with Gasteiger partial charge in [-0.1, -0.05) is 12.1 Å². The maximum atomic E-state index is 14.2. The van der Waals surface area contributed by atoms with Crippen LogP contribution in [0.3, 0.4) is 0 Å². The van der Waals surface area contributed by atoms with E-state index in [1.165, 1.54) is 13.1 Å². The first kappa shape index (κ1) is 18.8. The molecule has 1 atom stereocenters. The number of hydrogen-bond donors (Lipinski definition) is 1. The summed E-state index contributed by atoms with van der Waals surface area (Å²) in [5.74, 6) is -3.59. The van der Waals surface area contributed by atoms with Gasteiger partial charge in [-0.05, 0) is 13.0 Å². The zero-order valence-corrected chi connectivity index (χ0v) is 15.7. The highest BCUT2D eigenvalue weighted by Crippen LogP contribution is 2.33. The van der Waals surface area contributed by atoms with Crippen molar-refractivity contribution in [3.05, 3.63) is 41.9 Å². The molecule has 0 radical (unpaired) electrons. The van der Waals surface area contributed by atoms with E-state index in [4.69, 9.17) is 4.74 Å². The average Bonchev–Trinajstić information content (AvgIpc) is 3.24. The summed E-state index contributed by atoms with van der Waals surface area (Å²) in [5, 5.41) is 10.0. The topological polar surface area (TPSA) is 94.9 Å². The van der Waals surface area contributed by atoms with E-state index in [-0.39, 0.29) is 12.4 Å². The zero-order valence-electron chi connectivity index (χ0n) is 15.7. The molecule has 4 rings (SSSR count). The number of likely N-dealkylation sites (tertiary alicyclic amines) is 1. The molecule has 1 aliphatic heterocycles. The van der Waals surface area contributed by atoms with E-state index in [0.29, 0.717) is 22.5 Å². The van der Waals surface area contributed by atoms with E-state index >= 15 is 0 Å². The predicted molar refractivity (Wildman–Crippen MR) is 100 cm³/mol. The van der Waals surface area contributed by atoms with Crippen LogP contribution in [0.25, 0.3) is 22.2 Å². The van der Waals surface area contributed by atoms with Gasteiger partial charge in [0, 0.05) is 24.1 Å². The highest BCUT2D eigenvalue weighted by atomic mass is 19.3. The van der Waals surface area contributed by atoms with Crippen LogP contribution in [0.15, 0.2) is 30.6 Å². The maximum Gasteiger partial charge on any atom is 0.303 e. The highest BCUT2D eigenvalue weighted by Gasteiger charge is 2.51. The third-order valence-corrected chi connectivity index (χ3v) is 4.97. The Balaban J connectivity index is 1.63. The van der Waals surface area contributed by atoms with Crippen molar-refractivity contribution in [2.45, 2.75) is 25.9 Å². The van der Waals surface area contributed by atoms with Crippen molar-refractivity contribution >= 4 is 16.8 Å². The fraction of sp³-hybridized carbons (Fsp3) is 0.300. The smallest absolute Gasteiger partial charge is 0.303 e.